The Kier molecular flexibility index (Phi) is 4.26. The van der Waals surface area contributed by atoms with Crippen LogP contribution in [0.25, 0.3) is 0 Å². The first-order chi connectivity index (χ1) is 9.02. The Labute approximate surface area is 116 Å². The number of amides is 1. The van der Waals surface area contributed by atoms with Crippen LogP contribution in [0, 0.1) is 6.92 Å². The van der Waals surface area contributed by atoms with Gasteiger partial charge in [-0.15, -0.1) is 11.3 Å². The van der Waals surface area contributed by atoms with Crippen LogP contribution in [0.5, 0.6) is 0 Å². The quantitative estimate of drug-likeness (QED) is 0.870. The molecule has 19 heavy (non-hydrogen) atoms. The van der Waals surface area contributed by atoms with Gasteiger partial charge in [0.1, 0.15) is 0 Å². The SMILES string of the molecule is CN=c1sc(CN2CCN(C(=O)O)CC2)c(C)n1C. The number of thiazole rings is 1. The molecule has 0 bridgehead atoms. The lowest BCUT2D eigenvalue weighted by Crippen LogP contribution is -2.47. The third-order valence-electron chi connectivity index (χ3n) is 3.61. The number of hydrogen-bond acceptors (Lipinski definition) is 4. The lowest BCUT2D eigenvalue weighted by Gasteiger charge is -2.32. The molecule has 1 N–H and O–H groups in total. The van der Waals surface area contributed by atoms with E-state index in [1.807, 2.05) is 7.05 Å². The predicted octanol–water partition coefficient (Wildman–Crippen LogP) is 0.721. The molecule has 1 aliphatic rings. The zero-order valence-corrected chi connectivity index (χ0v) is 12.4. The van der Waals surface area contributed by atoms with Gasteiger partial charge in [0.25, 0.3) is 0 Å². The third-order valence-corrected chi connectivity index (χ3v) is 4.92. The fourth-order valence-corrected chi connectivity index (χ4v) is 3.34. The van der Waals surface area contributed by atoms with Crippen LogP contribution in [0.1, 0.15) is 10.6 Å². The van der Waals surface area contributed by atoms with E-state index in [0.717, 1.165) is 24.4 Å². The molecule has 1 aromatic heterocycles. The van der Waals surface area contributed by atoms with Gasteiger partial charge in [-0.1, -0.05) is 0 Å². The van der Waals surface area contributed by atoms with Crippen LogP contribution in [0.3, 0.4) is 0 Å². The summed E-state index contributed by atoms with van der Waals surface area (Å²) in [6, 6.07) is 0. The highest BCUT2D eigenvalue weighted by molar-refractivity contribution is 7.09. The first kappa shape index (κ1) is 14.1. The van der Waals surface area contributed by atoms with E-state index in [4.69, 9.17) is 5.11 Å². The molecule has 1 aliphatic heterocycles. The minimum absolute atomic E-state index is 0.594. The number of rotatable bonds is 2. The fourth-order valence-electron chi connectivity index (χ4n) is 2.23. The van der Waals surface area contributed by atoms with Crippen molar-refractivity contribution in [3.05, 3.63) is 15.4 Å². The van der Waals surface area contributed by atoms with Crippen molar-refractivity contribution in [2.24, 2.45) is 12.0 Å². The lowest BCUT2D eigenvalue weighted by atomic mass is 10.3. The summed E-state index contributed by atoms with van der Waals surface area (Å²) in [5.41, 5.74) is 1.24. The van der Waals surface area contributed by atoms with Crippen LogP contribution < -0.4 is 4.80 Å². The molecule has 0 atom stereocenters. The van der Waals surface area contributed by atoms with Crippen molar-refractivity contribution in [3.8, 4) is 0 Å². The highest BCUT2D eigenvalue weighted by Gasteiger charge is 2.21. The summed E-state index contributed by atoms with van der Waals surface area (Å²) >= 11 is 1.71. The molecule has 0 spiro atoms. The van der Waals surface area contributed by atoms with Crippen molar-refractivity contribution in [1.29, 1.82) is 0 Å². The molecule has 6 nitrogen and oxygen atoms in total. The molecule has 1 saturated heterocycles. The van der Waals surface area contributed by atoms with Gasteiger partial charge in [-0.05, 0) is 6.92 Å². The van der Waals surface area contributed by atoms with Crippen LogP contribution >= 0.6 is 11.3 Å². The van der Waals surface area contributed by atoms with E-state index in [1.165, 1.54) is 15.5 Å². The van der Waals surface area contributed by atoms with Crippen molar-refractivity contribution in [1.82, 2.24) is 14.4 Å². The van der Waals surface area contributed by atoms with E-state index in [1.54, 1.807) is 18.4 Å². The van der Waals surface area contributed by atoms with Gasteiger partial charge in [-0.3, -0.25) is 9.89 Å². The zero-order chi connectivity index (χ0) is 14.0. The standard InChI is InChI=1S/C12H20N4O2S/c1-9-10(19-11(13-2)14(9)3)8-15-4-6-16(7-5-15)12(17)18/h4-8H2,1-3H3,(H,17,18). The topological polar surface area (TPSA) is 61.1 Å². The van der Waals surface area contributed by atoms with Gasteiger partial charge in [-0.25, -0.2) is 4.79 Å². The van der Waals surface area contributed by atoms with Gasteiger partial charge in [0.2, 0.25) is 0 Å². The highest BCUT2D eigenvalue weighted by Crippen LogP contribution is 2.15. The average Bonchev–Trinajstić information content (AvgIpc) is 2.67. The van der Waals surface area contributed by atoms with Gasteiger partial charge in [-0.2, -0.15) is 0 Å². The largest absolute Gasteiger partial charge is 0.465 e. The molecular formula is C12H20N4O2S. The molecule has 106 valence electrons. The van der Waals surface area contributed by atoms with Crippen molar-refractivity contribution >= 4 is 17.4 Å². The van der Waals surface area contributed by atoms with Crippen LogP contribution in [-0.2, 0) is 13.6 Å². The monoisotopic (exact) mass is 284 g/mol. The van der Waals surface area contributed by atoms with Gasteiger partial charge < -0.3 is 14.6 Å². The third kappa shape index (κ3) is 2.98. The Balaban J connectivity index is 2.02. The minimum atomic E-state index is -0.814. The number of hydrogen-bond donors (Lipinski definition) is 1. The Morgan fingerprint density at radius 1 is 1.37 bits per heavy atom. The first-order valence-corrected chi connectivity index (χ1v) is 7.13. The molecule has 0 radical (unpaired) electrons. The van der Waals surface area contributed by atoms with Crippen molar-refractivity contribution in [2.45, 2.75) is 13.5 Å². The number of piperazine rings is 1. The Morgan fingerprint density at radius 2 is 2.00 bits per heavy atom. The molecule has 0 aliphatic carbocycles. The van der Waals surface area contributed by atoms with Gasteiger partial charge in [0, 0.05) is 57.4 Å². The summed E-state index contributed by atoms with van der Waals surface area (Å²) in [4.78, 5) is 21.2. The molecule has 7 heteroatoms. The van der Waals surface area contributed by atoms with Crippen molar-refractivity contribution < 1.29 is 9.90 Å². The summed E-state index contributed by atoms with van der Waals surface area (Å²) < 4.78 is 2.10. The Bertz CT molecular complexity index is 526. The summed E-state index contributed by atoms with van der Waals surface area (Å²) in [5.74, 6) is 0. The molecule has 0 unspecified atom stereocenters. The molecule has 1 aromatic rings. The molecule has 2 rings (SSSR count). The van der Waals surface area contributed by atoms with Crippen LogP contribution in [0.15, 0.2) is 4.99 Å². The fraction of sp³-hybridized carbons (Fsp3) is 0.667. The number of carboxylic acid groups (broad SMARTS) is 1. The second kappa shape index (κ2) is 5.75. The normalized spacial score (nSPS) is 18.1. The first-order valence-electron chi connectivity index (χ1n) is 6.31. The maximum atomic E-state index is 10.9. The second-order valence-corrected chi connectivity index (χ2v) is 5.78. The van der Waals surface area contributed by atoms with Gasteiger partial charge in [0.05, 0.1) is 0 Å². The van der Waals surface area contributed by atoms with Crippen molar-refractivity contribution in [2.75, 3.05) is 33.2 Å². The van der Waals surface area contributed by atoms with Gasteiger partial charge in [0.15, 0.2) is 4.80 Å². The summed E-state index contributed by atoms with van der Waals surface area (Å²) in [7, 11) is 3.83. The molecular weight excluding hydrogens is 264 g/mol. The highest BCUT2D eigenvalue weighted by atomic mass is 32.1. The molecule has 1 fully saturated rings. The van der Waals surface area contributed by atoms with E-state index in [2.05, 4.69) is 21.4 Å². The number of carbonyl (C=O) groups is 1. The summed E-state index contributed by atoms with van der Waals surface area (Å²) in [5, 5.41) is 8.92. The van der Waals surface area contributed by atoms with E-state index >= 15 is 0 Å². The maximum absolute atomic E-state index is 10.9. The molecule has 2 heterocycles. The van der Waals surface area contributed by atoms with Crippen molar-refractivity contribution in [3.63, 3.8) is 0 Å². The summed E-state index contributed by atoms with van der Waals surface area (Å²) in [6.45, 7) is 5.77. The van der Waals surface area contributed by atoms with Crippen LogP contribution in [0.4, 0.5) is 4.79 Å². The lowest BCUT2D eigenvalue weighted by molar-refractivity contribution is 0.103. The van der Waals surface area contributed by atoms with E-state index in [-0.39, 0.29) is 0 Å². The van der Waals surface area contributed by atoms with E-state index < -0.39 is 6.09 Å². The average molecular weight is 284 g/mol. The smallest absolute Gasteiger partial charge is 0.407 e. The summed E-state index contributed by atoms with van der Waals surface area (Å²) in [6.07, 6.45) is -0.814. The number of nitrogens with zero attached hydrogens (tertiary/aromatic N) is 4. The molecule has 1 amide bonds. The van der Waals surface area contributed by atoms with E-state index in [9.17, 15) is 4.79 Å². The molecule has 0 saturated carbocycles. The van der Waals surface area contributed by atoms with Gasteiger partial charge >= 0.3 is 6.09 Å². The minimum Gasteiger partial charge on any atom is -0.465 e. The Hall–Kier alpha value is -1.34. The second-order valence-electron chi connectivity index (χ2n) is 4.72. The molecule has 0 aromatic carbocycles. The predicted molar refractivity (Wildman–Crippen MR) is 74.4 cm³/mol. The zero-order valence-electron chi connectivity index (χ0n) is 11.6. The van der Waals surface area contributed by atoms with Crippen LogP contribution in [-0.4, -0.2) is 58.8 Å². The number of aromatic nitrogens is 1. The van der Waals surface area contributed by atoms with Crippen LogP contribution in [0.2, 0.25) is 0 Å². The Morgan fingerprint density at radius 3 is 2.47 bits per heavy atom. The maximum Gasteiger partial charge on any atom is 0.407 e. The van der Waals surface area contributed by atoms with E-state index in [0.29, 0.717) is 13.1 Å².